The molecule has 0 saturated carbocycles. The number of aromatic nitrogens is 3. The number of Topliss-reactive ketones (excluding diaryl/α,β-unsaturated/α-hetero) is 1. The molecule has 3 aliphatic heterocycles. The minimum atomic E-state index is -0.208. The molecule has 1 aromatic carbocycles. The van der Waals surface area contributed by atoms with Gasteiger partial charge < -0.3 is 14.2 Å². The molecule has 1 unspecified atom stereocenters. The SMILES string of the molecule is CC(=O)c1cn2c(cc1=O)-c1c(cc(-c3cnn(C4CCN(C(C)C)CC4)c3)c3c1CCO3)CC2C(C)C. The molecule has 38 heavy (non-hydrogen) atoms. The summed E-state index contributed by atoms with van der Waals surface area (Å²) in [6.45, 7) is 13.3. The van der Waals surface area contributed by atoms with Crippen molar-refractivity contribution in [2.45, 2.75) is 78.4 Å². The molecule has 0 bridgehead atoms. The van der Waals surface area contributed by atoms with Gasteiger partial charge in [-0.1, -0.05) is 13.8 Å². The summed E-state index contributed by atoms with van der Waals surface area (Å²) in [5, 5.41) is 4.81. The van der Waals surface area contributed by atoms with Gasteiger partial charge in [0.25, 0.3) is 0 Å². The molecular weight excluding hydrogens is 476 g/mol. The number of fused-ring (bicyclic) bond motifs is 5. The molecule has 1 atom stereocenters. The monoisotopic (exact) mass is 514 g/mol. The van der Waals surface area contributed by atoms with Crippen LogP contribution in [0.25, 0.3) is 22.4 Å². The van der Waals surface area contributed by atoms with E-state index >= 15 is 0 Å². The van der Waals surface area contributed by atoms with E-state index in [9.17, 15) is 9.59 Å². The maximum absolute atomic E-state index is 12.9. The molecule has 0 aliphatic carbocycles. The summed E-state index contributed by atoms with van der Waals surface area (Å²) in [6, 6.07) is 5.11. The van der Waals surface area contributed by atoms with Crippen molar-refractivity contribution in [1.29, 1.82) is 0 Å². The van der Waals surface area contributed by atoms with Gasteiger partial charge in [0, 0.05) is 72.3 Å². The normalized spacial score (nSPS) is 19.4. The number of carbonyl (C=O) groups excluding carboxylic acids is 1. The van der Waals surface area contributed by atoms with Gasteiger partial charge in [0.2, 0.25) is 0 Å². The van der Waals surface area contributed by atoms with Crippen molar-refractivity contribution in [3.63, 3.8) is 0 Å². The first-order valence-electron chi connectivity index (χ1n) is 14.1. The van der Waals surface area contributed by atoms with E-state index < -0.39 is 0 Å². The third kappa shape index (κ3) is 4.12. The highest BCUT2D eigenvalue weighted by Crippen LogP contribution is 2.48. The lowest BCUT2D eigenvalue weighted by molar-refractivity contribution is 0.101. The molecule has 7 nitrogen and oxygen atoms in total. The summed E-state index contributed by atoms with van der Waals surface area (Å²) in [5.74, 6) is 1.07. The highest BCUT2D eigenvalue weighted by molar-refractivity contribution is 5.94. The summed E-state index contributed by atoms with van der Waals surface area (Å²) >= 11 is 0. The molecule has 1 saturated heterocycles. The zero-order chi connectivity index (χ0) is 26.7. The fourth-order valence-corrected chi connectivity index (χ4v) is 6.65. The van der Waals surface area contributed by atoms with Gasteiger partial charge in [-0.3, -0.25) is 14.3 Å². The second-order valence-electron chi connectivity index (χ2n) is 11.8. The number of benzene rings is 1. The summed E-state index contributed by atoms with van der Waals surface area (Å²) in [6.07, 6.45) is 9.85. The van der Waals surface area contributed by atoms with Crippen LogP contribution in [-0.4, -0.2) is 50.8 Å². The van der Waals surface area contributed by atoms with E-state index in [0.717, 1.165) is 66.9 Å². The van der Waals surface area contributed by atoms with E-state index in [0.29, 0.717) is 24.6 Å². The number of nitrogens with zero attached hydrogens (tertiary/aromatic N) is 4. The van der Waals surface area contributed by atoms with Crippen molar-refractivity contribution in [1.82, 2.24) is 19.2 Å². The van der Waals surface area contributed by atoms with Crippen LogP contribution in [0.1, 0.15) is 81.0 Å². The van der Waals surface area contributed by atoms with Gasteiger partial charge in [0.05, 0.1) is 30.1 Å². The highest BCUT2D eigenvalue weighted by atomic mass is 16.5. The maximum atomic E-state index is 12.9. The van der Waals surface area contributed by atoms with E-state index in [1.807, 2.05) is 6.20 Å². The number of carbonyl (C=O) groups is 1. The van der Waals surface area contributed by atoms with Crippen molar-refractivity contribution in [3.8, 4) is 28.1 Å². The summed E-state index contributed by atoms with van der Waals surface area (Å²) < 4.78 is 10.6. The number of hydrogen-bond donors (Lipinski definition) is 0. The second kappa shape index (κ2) is 9.53. The maximum Gasteiger partial charge on any atom is 0.192 e. The minimum Gasteiger partial charge on any atom is -0.492 e. The van der Waals surface area contributed by atoms with Crippen LogP contribution >= 0.6 is 0 Å². The summed E-state index contributed by atoms with van der Waals surface area (Å²) in [4.78, 5) is 27.7. The zero-order valence-electron chi connectivity index (χ0n) is 23.2. The molecule has 200 valence electrons. The Hall–Kier alpha value is -3.19. The van der Waals surface area contributed by atoms with E-state index in [2.05, 4.69) is 54.1 Å². The van der Waals surface area contributed by atoms with Crippen molar-refractivity contribution in [3.05, 3.63) is 57.6 Å². The molecule has 1 fully saturated rings. The third-order valence-corrected chi connectivity index (χ3v) is 8.85. The molecule has 0 amide bonds. The molecule has 5 heterocycles. The smallest absolute Gasteiger partial charge is 0.192 e. The second-order valence-corrected chi connectivity index (χ2v) is 11.8. The number of hydrogen-bond acceptors (Lipinski definition) is 5. The minimum absolute atomic E-state index is 0.165. The fourth-order valence-electron chi connectivity index (χ4n) is 6.65. The lowest BCUT2D eigenvalue weighted by Crippen LogP contribution is -2.39. The Balaban J connectivity index is 1.42. The quantitative estimate of drug-likeness (QED) is 0.432. The lowest BCUT2D eigenvalue weighted by Gasteiger charge is -2.35. The van der Waals surface area contributed by atoms with Crippen LogP contribution in [-0.2, 0) is 12.8 Å². The Labute approximate surface area is 224 Å². The molecular formula is C31H38N4O3. The van der Waals surface area contributed by atoms with Crippen LogP contribution in [0.5, 0.6) is 5.75 Å². The van der Waals surface area contributed by atoms with Crippen LogP contribution in [0.15, 0.2) is 35.5 Å². The summed E-state index contributed by atoms with van der Waals surface area (Å²) in [7, 11) is 0. The molecule has 3 aromatic rings. The predicted molar refractivity (Wildman–Crippen MR) is 149 cm³/mol. The van der Waals surface area contributed by atoms with Crippen LogP contribution in [0, 0.1) is 5.92 Å². The van der Waals surface area contributed by atoms with Crippen molar-refractivity contribution in [2.24, 2.45) is 5.92 Å². The molecule has 6 rings (SSSR count). The molecule has 3 aliphatic rings. The number of likely N-dealkylation sites (tertiary alicyclic amines) is 1. The zero-order valence-corrected chi connectivity index (χ0v) is 23.2. The van der Waals surface area contributed by atoms with E-state index in [-0.39, 0.29) is 22.8 Å². The third-order valence-electron chi connectivity index (χ3n) is 8.85. The Morgan fingerprint density at radius 2 is 1.87 bits per heavy atom. The van der Waals surface area contributed by atoms with Gasteiger partial charge in [0.15, 0.2) is 11.2 Å². The Morgan fingerprint density at radius 3 is 2.55 bits per heavy atom. The number of ketones is 1. The van der Waals surface area contributed by atoms with Gasteiger partial charge in [-0.2, -0.15) is 5.10 Å². The first-order chi connectivity index (χ1) is 18.2. The Bertz CT molecular complexity index is 1460. The van der Waals surface area contributed by atoms with E-state index in [1.165, 1.54) is 18.1 Å². The van der Waals surface area contributed by atoms with E-state index in [1.54, 1.807) is 12.3 Å². The van der Waals surface area contributed by atoms with Crippen molar-refractivity contribution in [2.75, 3.05) is 19.7 Å². The summed E-state index contributed by atoms with van der Waals surface area (Å²) in [5.41, 5.74) is 6.67. The van der Waals surface area contributed by atoms with Gasteiger partial charge in [0.1, 0.15) is 5.75 Å². The van der Waals surface area contributed by atoms with Crippen molar-refractivity contribution >= 4 is 5.78 Å². The predicted octanol–water partition coefficient (Wildman–Crippen LogP) is 5.31. The largest absolute Gasteiger partial charge is 0.492 e. The highest BCUT2D eigenvalue weighted by Gasteiger charge is 2.34. The van der Waals surface area contributed by atoms with Gasteiger partial charge in [-0.05, 0) is 57.6 Å². The molecule has 2 aromatic heterocycles. The Morgan fingerprint density at radius 1 is 1.11 bits per heavy atom. The number of rotatable bonds is 5. The van der Waals surface area contributed by atoms with Crippen LogP contribution in [0.2, 0.25) is 0 Å². The number of piperidine rings is 1. The van der Waals surface area contributed by atoms with Gasteiger partial charge in [-0.25, -0.2) is 0 Å². The van der Waals surface area contributed by atoms with Crippen LogP contribution in [0.3, 0.4) is 0 Å². The van der Waals surface area contributed by atoms with Crippen molar-refractivity contribution < 1.29 is 9.53 Å². The average molecular weight is 515 g/mol. The van der Waals surface area contributed by atoms with E-state index in [4.69, 9.17) is 9.84 Å². The van der Waals surface area contributed by atoms with Crippen LogP contribution in [0.4, 0.5) is 0 Å². The number of pyridine rings is 1. The van der Waals surface area contributed by atoms with Gasteiger partial charge in [-0.15, -0.1) is 0 Å². The molecule has 0 N–H and O–H groups in total. The van der Waals surface area contributed by atoms with Gasteiger partial charge >= 0.3 is 0 Å². The topological polar surface area (TPSA) is 69.4 Å². The lowest BCUT2D eigenvalue weighted by atomic mass is 9.82. The first-order valence-corrected chi connectivity index (χ1v) is 14.1. The Kier molecular flexibility index (Phi) is 6.29. The molecule has 7 heteroatoms. The molecule has 0 radical (unpaired) electrons. The fraction of sp³-hybridized carbons (Fsp3) is 0.516. The van der Waals surface area contributed by atoms with Crippen LogP contribution < -0.4 is 10.2 Å². The number of ether oxygens (including phenoxy) is 1. The standard InChI is InChI=1S/C31H38N4O3/c1-18(2)27-13-21-12-25(22-15-32-35(16-22)23-6-9-33(10-7-23)19(3)4)31-24(8-11-38-31)30(21)28-14-29(37)26(20(5)36)17-34(27)28/h12,14-19,23,27H,6-11,13H2,1-5H3. The first kappa shape index (κ1) is 25.1. The average Bonchev–Trinajstić information content (AvgIpc) is 3.57. The molecule has 0 spiro atoms.